The van der Waals surface area contributed by atoms with Crippen molar-refractivity contribution in [3.63, 3.8) is 0 Å². The van der Waals surface area contributed by atoms with Gasteiger partial charge in [0, 0.05) is 18.0 Å². The van der Waals surface area contributed by atoms with Gasteiger partial charge < -0.3 is 9.47 Å². The summed E-state index contributed by atoms with van der Waals surface area (Å²) >= 11 is 1.70. The average molecular weight is 330 g/mol. The summed E-state index contributed by atoms with van der Waals surface area (Å²) in [6, 6.07) is 2.15. The normalized spacial score (nSPS) is 20.3. The number of hydrogen-bond donors (Lipinski definition) is 0. The molecule has 1 aliphatic heterocycles. The molecule has 1 amide bonds. The van der Waals surface area contributed by atoms with E-state index in [1.165, 1.54) is 23.3 Å². The Bertz CT molecular complexity index is 748. The molecular weight excluding hydrogens is 308 g/mol. The van der Waals surface area contributed by atoms with Crippen LogP contribution in [0.2, 0.25) is 0 Å². The quantitative estimate of drug-likeness (QED) is 0.851. The summed E-state index contributed by atoms with van der Waals surface area (Å²) in [6.45, 7) is 6.33. The molecule has 1 atom stereocenters. The van der Waals surface area contributed by atoms with Crippen LogP contribution in [0.4, 0.5) is 0 Å². The van der Waals surface area contributed by atoms with Gasteiger partial charge in [0.25, 0.3) is 5.91 Å². The number of carbonyl (C=O) groups excluding carboxylic acids is 1. The molecule has 5 nitrogen and oxygen atoms in total. The van der Waals surface area contributed by atoms with E-state index < -0.39 is 0 Å². The molecule has 0 N–H and O–H groups in total. The summed E-state index contributed by atoms with van der Waals surface area (Å²) in [7, 11) is 0. The van der Waals surface area contributed by atoms with Crippen LogP contribution in [0.15, 0.2) is 6.07 Å². The minimum absolute atomic E-state index is 0.157. The third-order valence-corrected chi connectivity index (χ3v) is 6.42. The van der Waals surface area contributed by atoms with Gasteiger partial charge in [0.15, 0.2) is 5.82 Å². The number of carbonyl (C=O) groups is 1. The summed E-state index contributed by atoms with van der Waals surface area (Å²) in [5.74, 6) is 2.78. The number of aromatic nitrogens is 3. The predicted molar refractivity (Wildman–Crippen MR) is 89.6 cm³/mol. The Morgan fingerprint density at radius 2 is 2.26 bits per heavy atom. The first-order valence-electron chi connectivity index (χ1n) is 8.45. The number of amides is 1. The van der Waals surface area contributed by atoms with Crippen molar-refractivity contribution < 1.29 is 4.79 Å². The maximum Gasteiger partial charge on any atom is 0.264 e. The monoisotopic (exact) mass is 330 g/mol. The molecule has 6 heteroatoms. The van der Waals surface area contributed by atoms with Gasteiger partial charge in [-0.1, -0.05) is 13.3 Å². The molecule has 4 rings (SSSR count). The van der Waals surface area contributed by atoms with E-state index in [0.29, 0.717) is 6.54 Å². The van der Waals surface area contributed by atoms with E-state index in [0.717, 1.165) is 48.4 Å². The molecule has 0 unspecified atom stereocenters. The van der Waals surface area contributed by atoms with Crippen molar-refractivity contribution in [1.29, 1.82) is 0 Å². The van der Waals surface area contributed by atoms with Crippen LogP contribution < -0.4 is 0 Å². The maximum atomic E-state index is 12.9. The van der Waals surface area contributed by atoms with Crippen molar-refractivity contribution >= 4 is 17.2 Å². The molecule has 0 saturated carbocycles. The second-order valence-corrected chi connectivity index (χ2v) is 7.75. The smallest absolute Gasteiger partial charge is 0.264 e. The minimum Gasteiger partial charge on any atom is -0.329 e. The van der Waals surface area contributed by atoms with Gasteiger partial charge in [-0.25, -0.2) is 0 Å². The lowest BCUT2D eigenvalue weighted by Crippen LogP contribution is -2.38. The molecule has 3 heterocycles. The standard InChI is InChI=1S/C17H22N4OS/c1-3-12-4-5-14-13(8-12)9-15(23-14)17(22)20-6-7-21-11(2)18-19-16(21)10-20/h9,12H,3-8,10H2,1-2H3/t12-/m0/s1. The SMILES string of the molecule is CC[C@H]1CCc2sc(C(=O)N3CCn4c(C)nnc4C3)cc2C1. The zero-order valence-corrected chi connectivity index (χ0v) is 14.5. The van der Waals surface area contributed by atoms with Gasteiger partial charge in [0.05, 0.1) is 11.4 Å². The van der Waals surface area contributed by atoms with Crippen LogP contribution >= 0.6 is 11.3 Å². The molecule has 2 aromatic heterocycles. The Morgan fingerprint density at radius 3 is 3.09 bits per heavy atom. The fraction of sp³-hybridized carbons (Fsp3) is 0.588. The number of nitrogens with zero attached hydrogens (tertiary/aromatic N) is 4. The Kier molecular flexibility index (Phi) is 3.71. The molecule has 2 aromatic rings. The molecule has 0 aromatic carbocycles. The van der Waals surface area contributed by atoms with Crippen molar-refractivity contribution in [1.82, 2.24) is 19.7 Å². The maximum absolute atomic E-state index is 12.9. The van der Waals surface area contributed by atoms with Crippen LogP contribution in [0.25, 0.3) is 0 Å². The molecule has 0 spiro atoms. The van der Waals surface area contributed by atoms with Crippen molar-refractivity contribution in [3.05, 3.63) is 33.0 Å². The summed E-state index contributed by atoms with van der Waals surface area (Å²) < 4.78 is 2.11. The molecule has 2 aliphatic rings. The van der Waals surface area contributed by atoms with Gasteiger partial charge in [-0.2, -0.15) is 0 Å². The van der Waals surface area contributed by atoms with E-state index in [1.807, 2.05) is 11.8 Å². The Labute approximate surface area is 140 Å². The lowest BCUT2D eigenvalue weighted by molar-refractivity contribution is 0.0711. The predicted octanol–water partition coefficient (Wildman–Crippen LogP) is 2.82. The Hall–Kier alpha value is -1.69. The lowest BCUT2D eigenvalue weighted by atomic mass is 9.87. The van der Waals surface area contributed by atoms with Crippen LogP contribution in [0.1, 0.15) is 51.5 Å². The lowest BCUT2D eigenvalue weighted by Gasteiger charge is -2.27. The summed E-state index contributed by atoms with van der Waals surface area (Å²) in [5, 5.41) is 8.30. The highest BCUT2D eigenvalue weighted by Crippen LogP contribution is 2.34. The molecule has 23 heavy (non-hydrogen) atoms. The van der Waals surface area contributed by atoms with Gasteiger partial charge in [0.1, 0.15) is 5.82 Å². The highest BCUT2D eigenvalue weighted by Gasteiger charge is 2.27. The first-order chi connectivity index (χ1) is 11.2. The summed E-state index contributed by atoms with van der Waals surface area (Å²) in [4.78, 5) is 17.1. The second-order valence-electron chi connectivity index (χ2n) is 6.62. The number of thiophene rings is 1. The van der Waals surface area contributed by atoms with Crippen LogP contribution in [-0.4, -0.2) is 32.1 Å². The van der Waals surface area contributed by atoms with Crippen molar-refractivity contribution in [2.75, 3.05) is 6.54 Å². The van der Waals surface area contributed by atoms with E-state index in [2.05, 4.69) is 27.8 Å². The van der Waals surface area contributed by atoms with Gasteiger partial charge in [-0.15, -0.1) is 21.5 Å². The zero-order valence-electron chi connectivity index (χ0n) is 13.7. The molecular formula is C17H22N4OS. The van der Waals surface area contributed by atoms with Crippen molar-refractivity contribution in [3.8, 4) is 0 Å². The third kappa shape index (κ3) is 2.59. The Morgan fingerprint density at radius 1 is 1.39 bits per heavy atom. The molecule has 0 radical (unpaired) electrons. The number of rotatable bonds is 2. The molecule has 122 valence electrons. The largest absolute Gasteiger partial charge is 0.329 e. The number of hydrogen-bond acceptors (Lipinski definition) is 4. The van der Waals surface area contributed by atoms with Gasteiger partial charge in [-0.05, 0) is 43.7 Å². The van der Waals surface area contributed by atoms with Crippen LogP contribution in [-0.2, 0) is 25.9 Å². The fourth-order valence-corrected chi connectivity index (χ4v) is 4.86. The molecule has 0 saturated heterocycles. The average Bonchev–Trinajstić information content (AvgIpc) is 3.17. The topological polar surface area (TPSA) is 51.0 Å². The van der Waals surface area contributed by atoms with Crippen LogP contribution in [0, 0.1) is 12.8 Å². The number of fused-ring (bicyclic) bond motifs is 2. The highest BCUT2D eigenvalue weighted by atomic mass is 32.1. The summed E-state index contributed by atoms with van der Waals surface area (Å²) in [6.07, 6.45) is 4.78. The van der Waals surface area contributed by atoms with E-state index in [1.54, 1.807) is 11.3 Å². The number of aryl methyl sites for hydroxylation is 2. The fourth-order valence-electron chi connectivity index (χ4n) is 3.69. The van der Waals surface area contributed by atoms with E-state index in [4.69, 9.17) is 0 Å². The zero-order chi connectivity index (χ0) is 16.0. The molecule has 1 aliphatic carbocycles. The van der Waals surface area contributed by atoms with Gasteiger partial charge in [0.2, 0.25) is 0 Å². The van der Waals surface area contributed by atoms with Crippen LogP contribution in [0.3, 0.4) is 0 Å². The highest BCUT2D eigenvalue weighted by molar-refractivity contribution is 7.14. The van der Waals surface area contributed by atoms with Gasteiger partial charge >= 0.3 is 0 Å². The first kappa shape index (κ1) is 14.9. The van der Waals surface area contributed by atoms with Crippen molar-refractivity contribution in [2.45, 2.75) is 52.6 Å². The summed E-state index contributed by atoms with van der Waals surface area (Å²) in [5.41, 5.74) is 1.41. The Balaban J connectivity index is 1.53. The van der Waals surface area contributed by atoms with E-state index in [9.17, 15) is 4.79 Å². The second kappa shape index (κ2) is 5.74. The minimum atomic E-state index is 0.157. The molecule has 0 fully saturated rings. The van der Waals surface area contributed by atoms with E-state index >= 15 is 0 Å². The van der Waals surface area contributed by atoms with Crippen LogP contribution in [0.5, 0.6) is 0 Å². The first-order valence-corrected chi connectivity index (χ1v) is 9.27. The van der Waals surface area contributed by atoms with Gasteiger partial charge in [-0.3, -0.25) is 4.79 Å². The third-order valence-electron chi connectivity index (χ3n) is 5.20. The van der Waals surface area contributed by atoms with E-state index in [-0.39, 0.29) is 5.91 Å². The molecule has 0 bridgehead atoms. The van der Waals surface area contributed by atoms with Crippen molar-refractivity contribution in [2.24, 2.45) is 5.92 Å².